The fourth-order valence-electron chi connectivity index (χ4n) is 1.61. The Morgan fingerprint density at radius 2 is 2.31 bits per heavy atom. The highest BCUT2D eigenvalue weighted by molar-refractivity contribution is 9.09. The number of H-pyrrole nitrogens is 1. The van der Waals surface area contributed by atoms with Gasteiger partial charge in [-0.1, -0.05) is 33.8 Å². The Bertz CT molecular complexity index is 574. The number of hydrogen-bond acceptors (Lipinski definition) is 1. The fraction of sp³-hybridized carbons (Fsp3) is 0.154. The van der Waals surface area contributed by atoms with E-state index in [9.17, 15) is 4.79 Å². The molecule has 0 saturated heterocycles. The van der Waals surface area contributed by atoms with Gasteiger partial charge in [0.15, 0.2) is 6.29 Å². The molecule has 1 aromatic carbocycles. The van der Waals surface area contributed by atoms with Crippen molar-refractivity contribution < 1.29 is 4.79 Å². The molecule has 0 amide bonds. The quantitative estimate of drug-likeness (QED) is 0.510. The lowest BCUT2D eigenvalue weighted by atomic mass is 10.1. The zero-order valence-corrected chi connectivity index (χ0v) is 10.2. The highest BCUT2D eigenvalue weighted by Gasteiger charge is 2.05. The van der Waals surface area contributed by atoms with Crippen molar-refractivity contribution in [3.8, 4) is 11.8 Å². The van der Waals surface area contributed by atoms with Crippen LogP contribution in [0.4, 0.5) is 0 Å². The summed E-state index contributed by atoms with van der Waals surface area (Å²) in [4.78, 5) is 13.9. The molecule has 0 spiro atoms. The van der Waals surface area contributed by atoms with Crippen LogP contribution in [0, 0.1) is 11.8 Å². The number of alkyl halides is 1. The predicted octanol–water partition coefficient (Wildman–Crippen LogP) is 3.12. The van der Waals surface area contributed by atoms with Gasteiger partial charge in [-0.25, -0.2) is 0 Å². The van der Waals surface area contributed by atoms with Crippen LogP contribution >= 0.6 is 15.9 Å². The van der Waals surface area contributed by atoms with E-state index in [1.807, 2.05) is 18.2 Å². The van der Waals surface area contributed by atoms with Crippen molar-refractivity contribution >= 4 is 33.1 Å². The lowest BCUT2D eigenvalue weighted by Gasteiger charge is -1.95. The lowest BCUT2D eigenvalue weighted by molar-refractivity contribution is 0.112. The Morgan fingerprint density at radius 3 is 3.06 bits per heavy atom. The number of carbonyl (C=O) groups is 1. The van der Waals surface area contributed by atoms with Crippen LogP contribution in [-0.2, 0) is 0 Å². The summed E-state index contributed by atoms with van der Waals surface area (Å²) in [5, 5.41) is 1.78. The Kier molecular flexibility index (Phi) is 3.43. The summed E-state index contributed by atoms with van der Waals surface area (Å²) >= 11 is 3.33. The molecule has 0 unspecified atom stereocenters. The molecule has 0 atom stereocenters. The molecule has 0 aliphatic heterocycles. The van der Waals surface area contributed by atoms with Crippen molar-refractivity contribution in [1.82, 2.24) is 4.98 Å². The Morgan fingerprint density at radius 1 is 1.44 bits per heavy atom. The largest absolute Gasteiger partial charge is 0.360 e. The lowest BCUT2D eigenvalue weighted by Crippen LogP contribution is -1.81. The summed E-state index contributed by atoms with van der Waals surface area (Å²) in [7, 11) is 0. The number of aromatic nitrogens is 1. The number of carbonyl (C=O) groups excluding carboxylic acids is 1. The average Bonchev–Trinajstić information content (AvgIpc) is 2.73. The fourth-order valence-corrected chi connectivity index (χ4v) is 1.81. The summed E-state index contributed by atoms with van der Waals surface area (Å²) in [6, 6.07) is 5.81. The van der Waals surface area contributed by atoms with Gasteiger partial charge in [-0.2, -0.15) is 0 Å². The van der Waals surface area contributed by atoms with Crippen molar-refractivity contribution in [3.63, 3.8) is 0 Å². The normalized spacial score (nSPS) is 9.81. The number of aldehydes is 1. The first-order valence-electron chi connectivity index (χ1n) is 4.97. The first-order chi connectivity index (χ1) is 7.86. The van der Waals surface area contributed by atoms with E-state index in [2.05, 4.69) is 32.8 Å². The van der Waals surface area contributed by atoms with Crippen LogP contribution in [-0.4, -0.2) is 16.6 Å². The van der Waals surface area contributed by atoms with Crippen molar-refractivity contribution in [2.45, 2.75) is 6.42 Å². The summed E-state index contributed by atoms with van der Waals surface area (Å²) in [6.45, 7) is 0. The van der Waals surface area contributed by atoms with E-state index in [0.717, 1.165) is 34.5 Å². The van der Waals surface area contributed by atoms with Gasteiger partial charge in [-0.05, 0) is 12.1 Å². The molecule has 0 bridgehead atoms. The van der Waals surface area contributed by atoms with Gasteiger partial charge in [0, 0.05) is 40.0 Å². The summed E-state index contributed by atoms with van der Waals surface area (Å²) < 4.78 is 0. The SMILES string of the molecule is O=Cc1c[nH]c2cccc(C#CCCBr)c12. The summed E-state index contributed by atoms with van der Waals surface area (Å²) in [5.41, 5.74) is 2.52. The second kappa shape index (κ2) is 5.00. The predicted molar refractivity (Wildman–Crippen MR) is 69.0 cm³/mol. The molecule has 0 radical (unpaired) electrons. The highest BCUT2D eigenvalue weighted by Crippen LogP contribution is 2.20. The van der Waals surface area contributed by atoms with Crippen LogP contribution in [0.1, 0.15) is 22.3 Å². The number of rotatable bonds is 2. The van der Waals surface area contributed by atoms with Crippen molar-refractivity contribution in [1.29, 1.82) is 0 Å². The van der Waals surface area contributed by atoms with Gasteiger partial charge < -0.3 is 4.98 Å². The Hall–Kier alpha value is -1.53. The van der Waals surface area contributed by atoms with Crippen LogP contribution in [0.2, 0.25) is 0 Å². The summed E-state index contributed by atoms with van der Waals surface area (Å²) in [6.07, 6.45) is 3.37. The molecule has 3 heteroatoms. The molecule has 2 aromatic rings. The zero-order chi connectivity index (χ0) is 11.4. The Labute approximate surface area is 102 Å². The van der Waals surface area contributed by atoms with Gasteiger partial charge in [0.2, 0.25) is 0 Å². The van der Waals surface area contributed by atoms with E-state index in [4.69, 9.17) is 0 Å². The molecule has 0 fully saturated rings. The van der Waals surface area contributed by atoms with E-state index in [1.165, 1.54) is 0 Å². The number of aromatic amines is 1. The van der Waals surface area contributed by atoms with E-state index >= 15 is 0 Å². The number of benzene rings is 1. The Balaban J connectivity index is 2.56. The van der Waals surface area contributed by atoms with Crippen LogP contribution < -0.4 is 0 Å². The monoisotopic (exact) mass is 275 g/mol. The number of halogens is 1. The molecule has 0 aliphatic rings. The highest BCUT2D eigenvalue weighted by atomic mass is 79.9. The second-order valence-corrected chi connectivity index (χ2v) is 4.12. The van der Waals surface area contributed by atoms with Crippen LogP contribution in [0.5, 0.6) is 0 Å². The third-order valence-corrected chi connectivity index (χ3v) is 2.70. The van der Waals surface area contributed by atoms with Gasteiger partial charge in [0.1, 0.15) is 0 Å². The second-order valence-electron chi connectivity index (χ2n) is 3.33. The average molecular weight is 276 g/mol. The first-order valence-corrected chi connectivity index (χ1v) is 6.09. The van der Waals surface area contributed by atoms with Gasteiger partial charge in [-0.15, -0.1) is 0 Å². The molecular formula is C13H10BrNO. The number of hydrogen-bond donors (Lipinski definition) is 1. The van der Waals surface area contributed by atoms with E-state index < -0.39 is 0 Å². The first kappa shape index (κ1) is 11.0. The molecule has 2 nitrogen and oxygen atoms in total. The zero-order valence-electron chi connectivity index (χ0n) is 8.59. The van der Waals surface area contributed by atoms with E-state index in [1.54, 1.807) is 6.20 Å². The van der Waals surface area contributed by atoms with Gasteiger partial charge in [0.05, 0.1) is 0 Å². The van der Waals surface area contributed by atoms with Gasteiger partial charge in [-0.3, -0.25) is 4.79 Å². The standard InChI is InChI=1S/C13H10BrNO/c14-7-2-1-4-10-5-3-6-12-13(10)11(9-16)8-15-12/h3,5-6,8-9,15H,2,7H2. The molecule has 1 N–H and O–H groups in total. The van der Waals surface area contributed by atoms with Crippen LogP contribution in [0.3, 0.4) is 0 Å². The number of fused-ring (bicyclic) bond motifs is 1. The number of nitrogens with one attached hydrogen (secondary N) is 1. The van der Waals surface area contributed by atoms with E-state index in [-0.39, 0.29) is 0 Å². The molecule has 2 rings (SSSR count). The third kappa shape index (κ3) is 2.02. The van der Waals surface area contributed by atoms with Crippen LogP contribution in [0.25, 0.3) is 10.9 Å². The van der Waals surface area contributed by atoms with Gasteiger partial charge >= 0.3 is 0 Å². The molecule has 0 aliphatic carbocycles. The van der Waals surface area contributed by atoms with Crippen LogP contribution in [0.15, 0.2) is 24.4 Å². The van der Waals surface area contributed by atoms with Crippen molar-refractivity contribution in [3.05, 3.63) is 35.5 Å². The molecule has 1 aromatic heterocycles. The minimum atomic E-state index is 0.666. The molecule has 80 valence electrons. The summed E-state index contributed by atoms with van der Waals surface area (Å²) in [5.74, 6) is 6.15. The minimum Gasteiger partial charge on any atom is -0.360 e. The van der Waals surface area contributed by atoms with Crippen molar-refractivity contribution in [2.24, 2.45) is 0 Å². The van der Waals surface area contributed by atoms with E-state index in [0.29, 0.717) is 5.56 Å². The molecule has 1 heterocycles. The molecule has 0 saturated carbocycles. The maximum Gasteiger partial charge on any atom is 0.152 e. The molecule has 16 heavy (non-hydrogen) atoms. The van der Waals surface area contributed by atoms with Crippen molar-refractivity contribution in [2.75, 3.05) is 5.33 Å². The maximum atomic E-state index is 10.9. The smallest absolute Gasteiger partial charge is 0.152 e. The third-order valence-electron chi connectivity index (χ3n) is 2.31. The topological polar surface area (TPSA) is 32.9 Å². The maximum absolute atomic E-state index is 10.9. The van der Waals surface area contributed by atoms with Gasteiger partial charge in [0.25, 0.3) is 0 Å². The molecular weight excluding hydrogens is 266 g/mol. The minimum absolute atomic E-state index is 0.666.